The summed E-state index contributed by atoms with van der Waals surface area (Å²) in [6, 6.07) is 20.3. The molecule has 5 aromatic rings. The number of aliphatic hydroxyl groups excluding tert-OH is 2. The van der Waals surface area contributed by atoms with Gasteiger partial charge in [0.25, 0.3) is 5.91 Å². The molecule has 2 atom stereocenters. The van der Waals surface area contributed by atoms with Crippen LogP contribution < -0.4 is 24.3 Å². The van der Waals surface area contributed by atoms with Crippen molar-refractivity contribution in [3.63, 3.8) is 0 Å². The molecule has 346 valence electrons. The second-order valence-electron chi connectivity index (χ2n) is 13.8. The van der Waals surface area contributed by atoms with Crippen molar-refractivity contribution in [2.45, 2.75) is 55.9 Å². The van der Waals surface area contributed by atoms with Gasteiger partial charge < -0.3 is 43.3 Å². The number of nitrogens with one attached hydrogen (secondary N) is 1. The highest BCUT2D eigenvalue weighted by Crippen LogP contribution is 2.51. The fourth-order valence-electron chi connectivity index (χ4n) is 5.30. The minimum atomic E-state index is -3.36. The third-order valence-corrected chi connectivity index (χ3v) is 13.3. The average molecular weight is 965 g/mol. The molecule has 0 saturated heterocycles. The van der Waals surface area contributed by atoms with E-state index in [1.165, 1.54) is 78.9 Å². The number of carboxylic acid groups (broad SMARTS) is 1. The number of benzene rings is 4. The summed E-state index contributed by atoms with van der Waals surface area (Å²) in [4.78, 5) is 29.0. The van der Waals surface area contributed by atoms with Gasteiger partial charge in [-0.25, -0.2) is 26.6 Å². The van der Waals surface area contributed by atoms with Crippen molar-refractivity contribution >= 4 is 55.6 Å². The van der Waals surface area contributed by atoms with E-state index in [4.69, 9.17) is 33.1 Å². The molecule has 4 aromatic carbocycles. The van der Waals surface area contributed by atoms with Crippen LogP contribution in [-0.4, -0.2) is 100 Å². The van der Waals surface area contributed by atoms with Gasteiger partial charge in [-0.3, -0.25) is 14.7 Å². The van der Waals surface area contributed by atoms with Gasteiger partial charge in [0.1, 0.15) is 46.7 Å². The lowest BCUT2D eigenvalue weighted by Gasteiger charge is -2.15. The fourth-order valence-corrected chi connectivity index (χ4v) is 8.99. The van der Waals surface area contributed by atoms with Gasteiger partial charge in [-0.1, -0.05) is 0 Å². The van der Waals surface area contributed by atoms with Crippen molar-refractivity contribution in [3.8, 4) is 34.5 Å². The minimum Gasteiger partial charge on any atom is -0.488 e. The lowest BCUT2D eigenvalue weighted by atomic mass is 10.2. The zero-order valence-corrected chi connectivity index (χ0v) is 39.0. The molecule has 64 heavy (non-hydrogen) atoms. The Morgan fingerprint density at radius 3 is 1.52 bits per heavy atom. The normalized spacial score (nSPS) is 12.6. The lowest BCUT2D eigenvalue weighted by molar-refractivity contribution is 0.0694. The van der Waals surface area contributed by atoms with E-state index in [9.17, 15) is 41.2 Å². The molecule has 0 fully saturated rings. The standard InChI is InChI=1S/C25H31N2O9PS2.C17H18O7S/c1-5-33-37(30,34-6-2)15-19-16-38-25(26-19)27-24(29)18-11-21(35-17(3)14-28)13-22(12-18)36-20-7-9-23(10-8-20)39(4,31)32;1-11(10-18)23-14-7-12(17(19)20)8-15(9-14)24-13-3-5-16(6-4-13)25(2,21)22/h7-13,16-17,28H,5-6,14-15H2,1-4H3,(H,26,27,29);3-9,11,18H,10H2,1-2H3,(H,19,20)/t17-;11-/m00/s1. The van der Waals surface area contributed by atoms with E-state index in [1.54, 1.807) is 39.1 Å². The predicted octanol–water partition coefficient (Wildman–Crippen LogP) is 7.46. The molecule has 0 saturated carbocycles. The zero-order chi connectivity index (χ0) is 47.2. The molecule has 0 spiro atoms. The van der Waals surface area contributed by atoms with Gasteiger partial charge in [0.15, 0.2) is 24.8 Å². The Hall–Kier alpha value is -5.38. The van der Waals surface area contributed by atoms with Crippen molar-refractivity contribution in [3.05, 3.63) is 107 Å². The maximum absolute atomic E-state index is 13.1. The summed E-state index contributed by atoms with van der Waals surface area (Å²) < 4.78 is 92.3. The summed E-state index contributed by atoms with van der Waals surface area (Å²) in [5.41, 5.74) is 0.604. The molecular formula is C42H49N2O16PS3. The summed E-state index contributed by atoms with van der Waals surface area (Å²) >= 11 is 1.16. The maximum atomic E-state index is 13.1. The summed E-state index contributed by atoms with van der Waals surface area (Å²) in [7, 11) is -10.0. The lowest BCUT2D eigenvalue weighted by Crippen LogP contribution is -2.17. The SMILES string of the molecule is CCOP(=O)(Cc1csc(NC(=O)c2cc(Oc3ccc(S(C)(=O)=O)cc3)cc(O[C@@H](C)CO)c2)n1)OCC.C[C@@H](CO)Oc1cc(Oc2ccc(S(C)(=O)=O)cc2)cc(C(=O)O)c1. The Kier molecular flexibility index (Phi) is 18.4. The summed E-state index contributed by atoms with van der Waals surface area (Å²) in [5.74, 6) is 0.0174. The molecule has 0 aliphatic rings. The van der Waals surface area contributed by atoms with Crippen LogP contribution >= 0.6 is 18.9 Å². The molecule has 0 aliphatic carbocycles. The summed E-state index contributed by atoms with van der Waals surface area (Å²) in [6.07, 6.45) is 1.13. The van der Waals surface area contributed by atoms with Crippen molar-refractivity contribution in [1.29, 1.82) is 0 Å². The number of hydrogen-bond acceptors (Lipinski definition) is 17. The molecule has 1 amide bonds. The highest BCUT2D eigenvalue weighted by Gasteiger charge is 2.26. The molecule has 0 bridgehead atoms. The number of ether oxygens (including phenoxy) is 4. The van der Waals surface area contributed by atoms with Crippen LogP contribution in [0.15, 0.2) is 100 Å². The quantitative estimate of drug-likeness (QED) is 0.0520. The fraction of sp³-hybridized carbons (Fsp3) is 0.310. The molecule has 0 aliphatic heterocycles. The van der Waals surface area contributed by atoms with Crippen LogP contribution in [0.3, 0.4) is 0 Å². The van der Waals surface area contributed by atoms with E-state index in [0.717, 1.165) is 23.8 Å². The summed E-state index contributed by atoms with van der Waals surface area (Å²) in [6.45, 7) is 6.74. The van der Waals surface area contributed by atoms with Crippen LogP contribution in [0.5, 0.6) is 34.5 Å². The second-order valence-corrected chi connectivity index (χ2v) is 20.8. The molecule has 18 nitrogen and oxygen atoms in total. The third-order valence-electron chi connectivity index (χ3n) is 8.21. The number of hydrogen-bond donors (Lipinski definition) is 4. The number of nitrogens with zero attached hydrogens (tertiary/aromatic N) is 1. The number of aromatic nitrogens is 1. The topological polar surface area (TPSA) is 260 Å². The first-order chi connectivity index (χ1) is 30.1. The van der Waals surface area contributed by atoms with Gasteiger partial charge >= 0.3 is 13.6 Å². The first kappa shape index (κ1) is 51.3. The van der Waals surface area contributed by atoms with Crippen molar-refractivity contribution in [1.82, 2.24) is 4.98 Å². The number of carboxylic acids is 1. The van der Waals surface area contributed by atoms with Gasteiger partial charge in [-0.15, -0.1) is 11.3 Å². The van der Waals surface area contributed by atoms with Crippen molar-refractivity contribution in [2.75, 3.05) is 44.3 Å². The smallest absolute Gasteiger partial charge is 0.336 e. The van der Waals surface area contributed by atoms with Crippen LogP contribution in [0.2, 0.25) is 0 Å². The number of sulfone groups is 2. The number of anilines is 1. The summed E-state index contributed by atoms with van der Waals surface area (Å²) in [5, 5.41) is 32.3. The molecule has 1 aromatic heterocycles. The molecular weight excluding hydrogens is 916 g/mol. The van der Waals surface area contributed by atoms with Crippen molar-refractivity contribution < 1.29 is 74.3 Å². The average Bonchev–Trinajstić information content (AvgIpc) is 3.66. The Balaban J connectivity index is 0.000000309. The number of carbonyl (C=O) groups is 2. The van der Waals surface area contributed by atoms with Crippen LogP contribution in [0, 0.1) is 0 Å². The maximum Gasteiger partial charge on any atom is 0.336 e. The van der Waals surface area contributed by atoms with Gasteiger partial charge in [-0.2, -0.15) is 0 Å². The predicted molar refractivity (Wildman–Crippen MR) is 238 cm³/mol. The Labute approximate surface area is 375 Å². The largest absolute Gasteiger partial charge is 0.488 e. The van der Waals surface area contributed by atoms with Crippen molar-refractivity contribution in [2.24, 2.45) is 0 Å². The minimum absolute atomic E-state index is 0.0282. The first-order valence-electron chi connectivity index (χ1n) is 19.3. The second kappa shape index (κ2) is 23.0. The number of aromatic carboxylic acids is 1. The molecule has 22 heteroatoms. The third kappa shape index (κ3) is 16.0. The Bertz CT molecular complexity index is 2630. The Morgan fingerprint density at radius 1 is 0.688 bits per heavy atom. The van der Waals surface area contributed by atoms with E-state index in [-0.39, 0.29) is 81.6 Å². The van der Waals surface area contributed by atoms with E-state index in [1.807, 2.05) is 0 Å². The van der Waals surface area contributed by atoms with Gasteiger partial charge in [0.05, 0.1) is 53.6 Å². The Morgan fingerprint density at radius 2 is 1.11 bits per heavy atom. The molecule has 1 heterocycles. The first-order valence-corrected chi connectivity index (χ1v) is 25.7. The van der Waals surface area contributed by atoms with E-state index in [0.29, 0.717) is 17.2 Å². The van der Waals surface area contributed by atoms with Gasteiger partial charge in [-0.05, 0) is 100 Å². The number of amides is 1. The number of rotatable bonds is 21. The number of aliphatic hydroxyl groups is 2. The zero-order valence-electron chi connectivity index (χ0n) is 35.6. The number of thiazole rings is 1. The van der Waals surface area contributed by atoms with E-state index >= 15 is 0 Å². The van der Waals surface area contributed by atoms with Gasteiger partial charge in [0, 0.05) is 35.6 Å². The van der Waals surface area contributed by atoms with E-state index < -0.39 is 51.4 Å². The van der Waals surface area contributed by atoms with E-state index in [2.05, 4.69) is 10.3 Å². The molecule has 5 rings (SSSR count). The monoisotopic (exact) mass is 964 g/mol. The molecule has 4 N–H and O–H groups in total. The van der Waals surface area contributed by atoms with Crippen LogP contribution in [0.1, 0.15) is 54.1 Å². The highest BCUT2D eigenvalue weighted by molar-refractivity contribution is 7.91. The van der Waals surface area contributed by atoms with Crippen LogP contribution in [0.4, 0.5) is 5.13 Å². The number of carbonyl (C=O) groups excluding carboxylic acids is 1. The molecule has 0 radical (unpaired) electrons. The molecule has 0 unspecified atom stereocenters. The van der Waals surface area contributed by atoms with Crippen LogP contribution in [-0.2, 0) is 39.4 Å². The van der Waals surface area contributed by atoms with Crippen LogP contribution in [0.25, 0.3) is 0 Å². The van der Waals surface area contributed by atoms with Gasteiger partial charge in [0.2, 0.25) is 0 Å². The highest BCUT2D eigenvalue weighted by atomic mass is 32.2.